The van der Waals surface area contributed by atoms with Crippen molar-refractivity contribution in [1.82, 2.24) is 9.88 Å². The summed E-state index contributed by atoms with van der Waals surface area (Å²) >= 11 is 6.22. The van der Waals surface area contributed by atoms with Crippen LogP contribution in [0.2, 0.25) is 5.02 Å². The molecule has 0 spiro atoms. The van der Waals surface area contributed by atoms with Gasteiger partial charge in [0.15, 0.2) is 5.43 Å². The topological polar surface area (TPSA) is 63.4 Å². The number of carbonyl (C=O) groups excluding carboxylic acids is 1. The van der Waals surface area contributed by atoms with Gasteiger partial charge in [-0.3, -0.25) is 14.6 Å². The molecular formula is C23H15ClN2O3. The Hall–Kier alpha value is -3.44. The van der Waals surface area contributed by atoms with Crippen molar-refractivity contribution in [3.05, 3.63) is 111 Å². The molecule has 3 heterocycles. The maximum Gasteiger partial charge on any atom is 0.291 e. The van der Waals surface area contributed by atoms with E-state index in [4.69, 9.17) is 16.0 Å². The van der Waals surface area contributed by atoms with Crippen LogP contribution in [0.5, 0.6) is 0 Å². The van der Waals surface area contributed by atoms with Gasteiger partial charge in [-0.2, -0.15) is 0 Å². The average molecular weight is 403 g/mol. The zero-order chi connectivity index (χ0) is 20.0. The van der Waals surface area contributed by atoms with E-state index >= 15 is 0 Å². The molecule has 6 heteroatoms. The Kier molecular flexibility index (Phi) is 4.18. The number of carbonyl (C=O) groups is 1. The largest absolute Gasteiger partial charge is 0.450 e. The molecule has 1 aliphatic heterocycles. The van der Waals surface area contributed by atoms with Crippen molar-refractivity contribution in [3.8, 4) is 0 Å². The molecule has 5 rings (SSSR count). The maximum absolute atomic E-state index is 13.4. The number of aromatic nitrogens is 1. The van der Waals surface area contributed by atoms with Crippen molar-refractivity contribution in [3.63, 3.8) is 0 Å². The van der Waals surface area contributed by atoms with Crippen LogP contribution in [0.15, 0.2) is 82.3 Å². The SMILES string of the molecule is O=C1c2oc3ccccc3c(=O)c2C(c2cccc(Cl)c2)N1Cc1ccncc1. The number of nitrogens with zero attached hydrogens (tertiary/aromatic N) is 2. The second-order valence-corrected chi connectivity index (χ2v) is 7.35. The number of fused-ring (bicyclic) bond motifs is 2. The lowest BCUT2D eigenvalue weighted by Gasteiger charge is -2.25. The maximum atomic E-state index is 13.4. The Morgan fingerprint density at radius 2 is 1.79 bits per heavy atom. The molecule has 0 bridgehead atoms. The lowest BCUT2D eigenvalue weighted by atomic mass is 9.98. The molecule has 1 atom stereocenters. The van der Waals surface area contributed by atoms with Gasteiger partial charge < -0.3 is 9.32 Å². The summed E-state index contributed by atoms with van der Waals surface area (Å²) in [4.78, 5) is 32.3. The Labute approximate surface area is 171 Å². The normalized spacial score (nSPS) is 15.7. The molecule has 0 radical (unpaired) electrons. The highest BCUT2D eigenvalue weighted by Crippen LogP contribution is 2.39. The van der Waals surface area contributed by atoms with Gasteiger partial charge in [0.05, 0.1) is 17.0 Å². The fraction of sp³-hybridized carbons (Fsp3) is 0.0870. The zero-order valence-corrected chi connectivity index (χ0v) is 16.0. The van der Waals surface area contributed by atoms with Crippen molar-refractivity contribution in [2.45, 2.75) is 12.6 Å². The van der Waals surface area contributed by atoms with E-state index in [-0.39, 0.29) is 17.1 Å². The predicted molar refractivity (Wildman–Crippen MR) is 110 cm³/mol. The Morgan fingerprint density at radius 3 is 2.59 bits per heavy atom. The number of benzene rings is 2. The molecule has 142 valence electrons. The first-order chi connectivity index (χ1) is 14.1. The molecule has 1 unspecified atom stereocenters. The molecule has 2 aromatic heterocycles. The number of hydrogen-bond donors (Lipinski definition) is 0. The Balaban J connectivity index is 1.74. The van der Waals surface area contributed by atoms with Gasteiger partial charge in [0, 0.05) is 24.0 Å². The molecule has 0 fully saturated rings. The Morgan fingerprint density at radius 1 is 1.00 bits per heavy atom. The third-order valence-electron chi connectivity index (χ3n) is 5.14. The summed E-state index contributed by atoms with van der Waals surface area (Å²) in [5.74, 6) is -0.225. The molecule has 0 saturated carbocycles. The third-order valence-corrected chi connectivity index (χ3v) is 5.37. The van der Waals surface area contributed by atoms with Gasteiger partial charge in [-0.1, -0.05) is 35.9 Å². The van der Waals surface area contributed by atoms with Crippen molar-refractivity contribution in [1.29, 1.82) is 0 Å². The second kappa shape index (κ2) is 6.87. The summed E-state index contributed by atoms with van der Waals surface area (Å²) in [5.41, 5.74) is 2.23. The molecule has 0 saturated heterocycles. The minimum atomic E-state index is -0.578. The highest BCUT2D eigenvalue weighted by molar-refractivity contribution is 6.30. The van der Waals surface area contributed by atoms with E-state index in [1.54, 1.807) is 53.7 Å². The van der Waals surface area contributed by atoms with E-state index in [0.717, 1.165) is 11.1 Å². The average Bonchev–Trinajstić information content (AvgIpc) is 3.01. The van der Waals surface area contributed by atoms with Gasteiger partial charge in [-0.25, -0.2) is 0 Å². The first-order valence-corrected chi connectivity index (χ1v) is 9.52. The summed E-state index contributed by atoms with van der Waals surface area (Å²) < 4.78 is 5.91. The standard InChI is InChI=1S/C23H15ClN2O3/c24-16-5-3-4-15(12-16)20-19-21(27)17-6-1-2-7-18(17)29-22(19)23(28)26(20)13-14-8-10-25-11-9-14/h1-12,20H,13H2. The molecule has 0 N–H and O–H groups in total. The second-order valence-electron chi connectivity index (χ2n) is 6.92. The molecule has 29 heavy (non-hydrogen) atoms. The van der Waals surface area contributed by atoms with Gasteiger partial charge >= 0.3 is 0 Å². The van der Waals surface area contributed by atoms with Gasteiger partial charge in [-0.15, -0.1) is 0 Å². The predicted octanol–water partition coefficient (Wildman–Crippen LogP) is 4.59. The Bertz CT molecular complexity index is 1300. The highest BCUT2D eigenvalue weighted by Gasteiger charge is 2.42. The first-order valence-electron chi connectivity index (χ1n) is 9.14. The number of rotatable bonds is 3. The van der Waals surface area contributed by atoms with Crippen molar-refractivity contribution >= 4 is 28.5 Å². The molecule has 1 amide bonds. The highest BCUT2D eigenvalue weighted by atomic mass is 35.5. The third kappa shape index (κ3) is 2.91. The van der Waals surface area contributed by atoms with Crippen molar-refractivity contribution in [2.75, 3.05) is 0 Å². The fourth-order valence-electron chi connectivity index (χ4n) is 3.84. The van der Waals surface area contributed by atoms with Gasteiger partial charge in [-0.05, 0) is 47.5 Å². The van der Waals surface area contributed by atoms with E-state index < -0.39 is 6.04 Å². The smallest absolute Gasteiger partial charge is 0.291 e. The molecule has 0 aliphatic carbocycles. The monoisotopic (exact) mass is 402 g/mol. The molecule has 5 nitrogen and oxygen atoms in total. The summed E-state index contributed by atoms with van der Waals surface area (Å²) in [6.07, 6.45) is 3.35. The molecular weight excluding hydrogens is 388 g/mol. The van der Waals surface area contributed by atoms with Crippen LogP contribution in [-0.2, 0) is 6.54 Å². The lowest BCUT2D eigenvalue weighted by Crippen LogP contribution is -2.29. The van der Waals surface area contributed by atoms with Crippen molar-refractivity contribution < 1.29 is 9.21 Å². The van der Waals surface area contributed by atoms with Crippen LogP contribution in [0.4, 0.5) is 0 Å². The summed E-state index contributed by atoms with van der Waals surface area (Å²) in [6.45, 7) is 0.318. The molecule has 1 aliphatic rings. The van der Waals surface area contributed by atoms with Crippen LogP contribution in [0.1, 0.15) is 33.3 Å². The zero-order valence-electron chi connectivity index (χ0n) is 15.2. The van der Waals surface area contributed by atoms with E-state index in [2.05, 4.69) is 4.98 Å². The van der Waals surface area contributed by atoms with Crippen LogP contribution in [0.25, 0.3) is 11.0 Å². The summed E-state index contributed by atoms with van der Waals surface area (Å²) in [6, 6.07) is 17.3. The van der Waals surface area contributed by atoms with Gasteiger partial charge in [0.25, 0.3) is 5.91 Å². The fourth-order valence-corrected chi connectivity index (χ4v) is 4.04. The number of halogens is 1. The molecule has 2 aromatic carbocycles. The van der Waals surface area contributed by atoms with Gasteiger partial charge in [0.2, 0.25) is 5.76 Å². The van der Waals surface area contributed by atoms with Crippen LogP contribution in [-0.4, -0.2) is 15.8 Å². The summed E-state index contributed by atoms with van der Waals surface area (Å²) in [5, 5.41) is 0.995. The van der Waals surface area contributed by atoms with E-state index in [1.165, 1.54) is 0 Å². The van der Waals surface area contributed by atoms with Gasteiger partial charge in [0.1, 0.15) is 5.58 Å². The molecule has 4 aromatic rings. The van der Waals surface area contributed by atoms with Crippen LogP contribution in [0.3, 0.4) is 0 Å². The number of amides is 1. The van der Waals surface area contributed by atoms with E-state index in [9.17, 15) is 9.59 Å². The number of para-hydroxylation sites is 1. The van der Waals surface area contributed by atoms with Crippen LogP contribution < -0.4 is 5.43 Å². The minimum Gasteiger partial charge on any atom is -0.450 e. The quantitative estimate of drug-likeness (QED) is 0.503. The summed E-state index contributed by atoms with van der Waals surface area (Å²) in [7, 11) is 0. The van der Waals surface area contributed by atoms with Crippen LogP contribution in [0, 0.1) is 0 Å². The van der Waals surface area contributed by atoms with Crippen LogP contribution >= 0.6 is 11.6 Å². The van der Waals surface area contributed by atoms with E-state index in [0.29, 0.717) is 28.1 Å². The van der Waals surface area contributed by atoms with E-state index in [1.807, 2.05) is 24.3 Å². The minimum absolute atomic E-state index is 0.0905. The number of hydrogen-bond acceptors (Lipinski definition) is 4. The van der Waals surface area contributed by atoms with Crippen molar-refractivity contribution in [2.24, 2.45) is 0 Å². The lowest BCUT2D eigenvalue weighted by molar-refractivity contribution is 0.0714. The first kappa shape index (κ1) is 17.6. The number of pyridine rings is 1.